The zero-order chi connectivity index (χ0) is 33.8. The molecule has 252 valence electrons. The second kappa shape index (κ2) is 11.1. The van der Waals surface area contributed by atoms with Gasteiger partial charge in [0.15, 0.2) is 0 Å². The highest BCUT2D eigenvalue weighted by Crippen LogP contribution is 2.70. The van der Waals surface area contributed by atoms with E-state index in [1.54, 1.807) is 16.7 Å². The normalized spacial score (nSPS) is 27.8. The number of hydrogen-bond acceptors (Lipinski definition) is 2. The van der Waals surface area contributed by atoms with Gasteiger partial charge >= 0.3 is 0 Å². The number of anilines is 3. The summed E-state index contributed by atoms with van der Waals surface area (Å²) in [7, 11) is 0. The quantitative estimate of drug-likeness (QED) is 0.187. The van der Waals surface area contributed by atoms with Crippen molar-refractivity contribution in [2.45, 2.75) is 98.7 Å². The Hall–Kier alpha value is -3.75. The summed E-state index contributed by atoms with van der Waals surface area (Å²) in [6, 6.07) is 44.5. The maximum atomic E-state index is 2.59. The van der Waals surface area contributed by atoms with Crippen LogP contribution in [0.1, 0.15) is 94.9 Å². The Bertz CT molecular complexity index is 2080. The first kappa shape index (κ1) is 31.0. The van der Waals surface area contributed by atoms with E-state index in [0.29, 0.717) is 11.8 Å². The van der Waals surface area contributed by atoms with Crippen molar-refractivity contribution in [1.82, 2.24) is 0 Å². The lowest BCUT2D eigenvalue weighted by Crippen LogP contribution is -2.57. The highest BCUT2D eigenvalue weighted by atomic mass is 32.2. The number of benzene rings is 5. The maximum absolute atomic E-state index is 2.59. The zero-order valence-electron chi connectivity index (χ0n) is 30.1. The highest BCUT2D eigenvalue weighted by Gasteiger charge is 2.61. The van der Waals surface area contributed by atoms with E-state index >= 15 is 0 Å². The minimum atomic E-state index is 0.0651. The van der Waals surface area contributed by atoms with E-state index < -0.39 is 0 Å². The van der Waals surface area contributed by atoms with Gasteiger partial charge in [0, 0.05) is 32.1 Å². The van der Waals surface area contributed by atoms with E-state index in [0.717, 1.165) is 11.8 Å². The predicted octanol–water partition coefficient (Wildman–Crippen LogP) is 13.4. The van der Waals surface area contributed by atoms with E-state index in [1.165, 1.54) is 88.5 Å². The van der Waals surface area contributed by atoms with Gasteiger partial charge in [-0.3, -0.25) is 0 Å². The first-order valence-corrected chi connectivity index (χ1v) is 20.1. The number of para-hydroxylation sites is 1. The van der Waals surface area contributed by atoms with E-state index in [1.807, 2.05) is 11.8 Å². The van der Waals surface area contributed by atoms with Crippen molar-refractivity contribution in [3.8, 4) is 11.1 Å². The van der Waals surface area contributed by atoms with Crippen LogP contribution in [0, 0.1) is 23.7 Å². The van der Waals surface area contributed by atoms with E-state index in [2.05, 4.69) is 148 Å². The lowest BCUT2D eigenvalue weighted by molar-refractivity contribution is -0.0441. The molecular formula is C48H49NS. The number of fused-ring (bicyclic) bond motifs is 3. The molecule has 5 aromatic rings. The Morgan fingerprint density at radius 2 is 1.12 bits per heavy atom. The number of nitrogens with zero attached hydrogens (tertiary/aromatic N) is 1. The van der Waals surface area contributed by atoms with Crippen LogP contribution in [0.15, 0.2) is 125 Å². The molecule has 0 radical (unpaired) electrons. The van der Waals surface area contributed by atoms with Gasteiger partial charge in [0.05, 0.1) is 5.69 Å². The van der Waals surface area contributed by atoms with Crippen molar-refractivity contribution in [3.05, 3.63) is 138 Å². The maximum Gasteiger partial charge on any atom is 0.0514 e. The van der Waals surface area contributed by atoms with Gasteiger partial charge in [-0.1, -0.05) is 112 Å². The van der Waals surface area contributed by atoms with Crippen molar-refractivity contribution < 1.29 is 0 Å². The zero-order valence-corrected chi connectivity index (χ0v) is 30.9. The summed E-state index contributed by atoms with van der Waals surface area (Å²) in [6.07, 6.45) is 9.45. The van der Waals surface area contributed by atoms with Gasteiger partial charge in [0.1, 0.15) is 0 Å². The first-order chi connectivity index (χ1) is 24.2. The van der Waals surface area contributed by atoms with Crippen molar-refractivity contribution in [3.63, 3.8) is 0 Å². The Morgan fingerprint density at radius 1 is 0.520 bits per heavy atom. The highest BCUT2D eigenvalue weighted by molar-refractivity contribution is 7.99. The summed E-state index contributed by atoms with van der Waals surface area (Å²) >= 11 is 2.01. The number of rotatable bonds is 4. The SMILES string of the molecule is CC1(C)CCC(C)(C)c2c(-c3ccc(N(c4ccccc4)c4cccc5c4C4(c6ccccc6S5)C5CC6CC(C5)CC4C6)cc3)cccc21. The molecule has 4 saturated carbocycles. The summed E-state index contributed by atoms with van der Waals surface area (Å²) in [5.41, 5.74) is 13.3. The Kier molecular flexibility index (Phi) is 6.90. The topological polar surface area (TPSA) is 3.24 Å². The number of hydrogen-bond donors (Lipinski definition) is 0. The van der Waals surface area contributed by atoms with Crippen molar-refractivity contribution in [1.29, 1.82) is 0 Å². The molecule has 0 unspecified atom stereocenters. The summed E-state index contributed by atoms with van der Waals surface area (Å²) in [4.78, 5) is 5.54. The van der Waals surface area contributed by atoms with Crippen LogP contribution < -0.4 is 4.90 Å². The molecule has 0 saturated heterocycles. The molecule has 6 aliphatic rings. The second-order valence-electron chi connectivity index (χ2n) is 17.6. The van der Waals surface area contributed by atoms with Gasteiger partial charge < -0.3 is 4.90 Å². The Labute approximate surface area is 303 Å². The van der Waals surface area contributed by atoms with E-state index in [-0.39, 0.29) is 16.2 Å². The van der Waals surface area contributed by atoms with E-state index in [4.69, 9.17) is 0 Å². The van der Waals surface area contributed by atoms with Crippen molar-refractivity contribution in [2.75, 3.05) is 4.90 Å². The molecule has 11 rings (SSSR count). The summed E-state index contributed by atoms with van der Waals surface area (Å²) in [5, 5.41) is 0. The minimum Gasteiger partial charge on any atom is -0.310 e. The smallest absolute Gasteiger partial charge is 0.0514 e. The standard InChI is InChI=1S/C48H49NS/c1-46(2)24-25-47(3,4)44-38(14-10-16-40(44)46)33-20-22-37(23-21-33)49(36-12-6-5-7-13-36)41-17-11-19-43-45(41)48(39-15-8-9-18-42(39)50-43)34-27-31-26-32(29-34)30-35(48)28-31/h5-23,31-32,34-35H,24-30H2,1-4H3. The molecule has 1 nitrogen and oxygen atoms in total. The fraction of sp³-hybridized carbons (Fsp3) is 0.375. The third-order valence-electron chi connectivity index (χ3n) is 13.9. The molecule has 0 atom stereocenters. The third-order valence-corrected chi connectivity index (χ3v) is 15.1. The van der Waals surface area contributed by atoms with Gasteiger partial charge in [-0.25, -0.2) is 0 Å². The van der Waals surface area contributed by atoms with Crippen LogP contribution in [0.25, 0.3) is 11.1 Å². The molecular weight excluding hydrogens is 623 g/mol. The fourth-order valence-electron chi connectivity index (χ4n) is 11.9. The van der Waals surface area contributed by atoms with Crippen LogP contribution >= 0.6 is 11.8 Å². The van der Waals surface area contributed by atoms with Gasteiger partial charge in [-0.2, -0.15) is 0 Å². The van der Waals surface area contributed by atoms with Gasteiger partial charge in [-0.15, -0.1) is 0 Å². The van der Waals surface area contributed by atoms with Crippen LogP contribution in [-0.4, -0.2) is 0 Å². The van der Waals surface area contributed by atoms with Crippen molar-refractivity contribution >= 4 is 28.8 Å². The third kappa shape index (κ3) is 4.46. The van der Waals surface area contributed by atoms with Gasteiger partial charge in [0.25, 0.3) is 0 Å². The van der Waals surface area contributed by atoms with E-state index in [9.17, 15) is 0 Å². The van der Waals surface area contributed by atoms with Crippen LogP contribution in [0.5, 0.6) is 0 Å². The predicted molar refractivity (Wildman–Crippen MR) is 210 cm³/mol. The van der Waals surface area contributed by atoms with Crippen LogP contribution in [0.3, 0.4) is 0 Å². The molecule has 5 aromatic carbocycles. The summed E-state index contributed by atoms with van der Waals surface area (Å²) < 4.78 is 0. The molecule has 4 bridgehead atoms. The minimum absolute atomic E-state index is 0.0651. The van der Waals surface area contributed by atoms with Crippen molar-refractivity contribution in [2.24, 2.45) is 23.7 Å². The molecule has 50 heavy (non-hydrogen) atoms. The first-order valence-electron chi connectivity index (χ1n) is 19.2. The van der Waals surface area contributed by atoms with Crippen LogP contribution in [0.4, 0.5) is 17.1 Å². The molecule has 2 heteroatoms. The summed E-state index contributed by atoms with van der Waals surface area (Å²) in [5.74, 6) is 3.24. The molecule has 0 amide bonds. The molecule has 1 spiro atoms. The average molecular weight is 672 g/mol. The monoisotopic (exact) mass is 671 g/mol. The summed E-state index contributed by atoms with van der Waals surface area (Å²) in [6.45, 7) is 9.76. The lowest BCUT2D eigenvalue weighted by atomic mass is 9.42. The molecule has 1 heterocycles. The molecule has 0 N–H and O–H groups in total. The molecule has 1 aliphatic heterocycles. The second-order valence-corrected chi connectivity index (χ2v) is 18.7. The van der Waals surface area contributed by atoms with Gasteiger partial charge in [0.2, 0.25) is 0 Å². The Morgan fingerprint density at radius 3 is 1.86 bits per heavy atom. The largest absolute Gasteiger partial charge is 0.310 e. The fourth-order valence-corrected chi connectivity index (χ4v) is 13.2. The Balaban J connectivity index is 1.16. The molecule has 4 fully saturated rings. The van der Waals surface area contributed by atoms with Crippen LogP contribution in [0.2, 0.25) is 0 Å². The average Bonchev–Trinajstić information content (AvgIpc) is 3.12. The van der Waals surface area contributed by atoms with Crippen LogP contribution in [-0.2, 0) is 16.2 Å². The van der Waals surface area contributed by atoms with Gasteiger partial charge in [-0.05, 0) is 150 Å². The molecule has 5 aliphatic carbocycles. The lowest BCUT2D eigenvalue weighted by Gasteiger charge is -2.63. The molecule has 0 aromatic heterocycles.